The summed E-state index contributed by atoms with van der Waals surface area (Å²) in [5.74, 6) is 4.19. The summed E-state index contributed by atoms with van der Waals surface area (Å²) in [6, 6.07) is 2.13. The fraction of sp³-hybridized carbons (Fsp3) is 0.800. The van der Waals surface area contributed by atoms with E-state index >= 15 is 0 Å². The van der Waals surface area contributed by atoms with E-state index in [-0.39, 0.29) is 5.41 Å². The third-order valence-electron chi connectivity index (χ3n) is 5.41. The number of aryl methyl sites for hydroxylation is 1. The molecule has 0 spiro atoms. The smallest absolute Gasteiger partial charge is 0.222 e. The van der Waals surface area contributed by atoms with E-state index in [4.69, 9.17) is 9.68 Å². The summed E-state index contributed by atoms with van der Waals surface area (Å²) < 4.78 is 5.90. The Hall–Kier alpha value is -1.37. The molecule has 0 radical (unpaired) electrons. The quantitative estimate of drug-likeness (QED) is 0.835. The summed E-state index contributed by atoms with van der Waals surface area (Å²) in [5, 5.41) is 17.1. The van der Waals surface area contributed by atoms with Crippen LogP contribution in [-0.2, 0) is 11.8 Å². The highest BCUT2D eigenvalue weighted by molar-refractivity contribution is 5.14. The van der Waals surface area contributed by atoms with Gasteiger partial charge in [0, 0.05) is 18.3 Å². The van der Waals surface area contributed by atoms with Crippen LogP contribution in [0.25, 0.3) is 0 Å². The summed E-state index contributed by atoms with van der Waals surface area (Å²) in [5.41, 5.74) is 0.187. The highest BCUT2D eigenvalue weighted by Crippen LogP contribution is 2.60. The van der Waals surface area contributed by atoms with Crippen molar-refractivity contribution in [3.63, 3.8) is 0 Å². The molecular weight excluding hydrogens is 238 g/mol. The zero-order valence-corrected chi connectivity index (χ0v) is 11.1. The van der Waals surface area contributed by atoms with Crippen LogP contribution in [0.1, 0.15) is 56.7 Å². The van der Waals surface area contributed by atoms with Crippen molar-refractivity contribution in [3.05, 3.63) is 11.8 Å². The maximum atomic E-state index is 8.62. The largest absolute Gasteiger partial charge is 0.425 e. The highest BCUT2D eigenvalue weighted by atomic mass is 16.4. The average Bonchev–Trinajstić information content (AvgIpc) is 2.84. The Morgan fingerprint density at radius 3 is 2.32 bits per heavy atom. The Morgan fingerprint density at radius 2 is 1.74 bits per heavy atom. The molecule has 0 atom stereocenters. The van der Waals surface area contributed by atoms with Gasteiger partial charge in [-0.25, -0.2) is 0 Å². The molecule has 4 aliphatic carbocycles. The van der Waals surface area contributed by atoms with Crippen molar-refractivity contribution in [2.75, 3.05) is 0 Å². The summed E-state index contributed by atoms with van der Waals surface area (Å²) in [4.78, 5) is 0. The lowest BCUT2D eigenvalue weighted by molar-refractivity contribution is -0.0182. The third kappa shape index (κ3) is 1.79. The molecule has 4 nitrogen and oxygen atoms in total. The lowest BCUT2D eigenvalue weighted by Crippen LogP contribution is -2.48. The van der Waals surface area contributed by atoms with Gasteiger partial charge in [0.1, 0.15) is 0 Å². The van der Waals surface area contributed by atoms with E-state index in [1.54, 1.807) is 0 Å². The first-order chi connectivity index (χ1) is 9.27. The summed E-state index contributed by atoms with van der Waals surface area (Å²) in [7, 11) is 0. The van der Waals surface area contributed by atoms with Gasteiger partial charge in [-0.2, -0.15) is 5.26 Å². The zero-order chi connectivity index (χ0) is 12.9. The first kappa shape index (κ1) is 11.5. The maximum absolute atomic E-state index is 8.62. The Morgan fingerprint density at radius 1 is 1.11 bits per heavy atom. The van der Waals surface area contributed by atoms with Gasteiger partial charge in [-0.15, -0.1) is 10.2 Å². The molecule has 4 fully saturated rings. The van der Waals surface area contributed by atoms with E-state index in [0.29, 0.717) is 18.7 Å². The minimum atomic E-state index is 0.187. The van der Waals surface area contributed by atoms with Crippen LogP contribution in [0.15, 0.2) is 4.42 Å². The molecule has 0 amide bonds. The second-order valence-electron chi connectivity index (χ2n) is 6.86. The molecule has 4 saturated carbocycles. The van der Waals surface area contributed by atoms with Crippen LogP contribution in [0.2, 0.25) is 0 Å². The van der Waals surface area contributed by atoms with Crippen LogP contribution in [0, 0.1) is 29.1 Å². The van der Waals surface area contributed by atoms with Gasteiger partial charge in [-0.05, 0) is 56.3 Å². The van der Waals surface area contributed by atoms with Crippen LogP contribution in [0.3, 0.4) is 0 Å². The van der Waals surface area contributed by atoms with Crippen molar-refractivity contribution in [3.8, 4) is 6.07 Å². The fourth-order valence-corrected chi connectivity index (χ4v) is 5.10. The zero-order valence-electron chi connectivity index (χ0n) is 11.1. The lowest BCUT2D eigenvalue weighted by atomic mass is 9.49. The van der Waals surface area contributed by atoms with Crippen LogP contribution < -0.4 is 0 Å². The number of hydrogen-bond acceptors (Lipinski definition) is 4. The van der Waals surface area contributed by atoms with E-state index in [0.717, 1.165) is 23.6 Å². The SMILES string of the molecule is N#CCCc1nnc(C23CC4CC(CC(C4)C2)C3)o1. The Bertz CT molecular complexity index is 492. The summed E-state index contributed by atoms with van der Waals surface area (Å²) in [6.45, 7) is 0. The molecule has 1 aromatic heterocycles. The molecule has 1 aromatic rings. The molecule has 5 rings (SSSR count). The molecule has 4 aliphatic rings. The summed E-state index contributed by atoms with van der Waals surface area (Å²) >= 11 is 0. The van der Waals surface area contributed by atoms with Gasteiger partial charge >= 0.3 is 0 Å². The Kier molecular flexibility index (Phi) is 2.45. The molecule has 0 unspecified atom stereocenters. The first-order valence-electron chi connectivity index (χ1n) is 7.47. The molecule has 0 saturated heterocycles. The van der Waals surface area contributed by atoms with E-state index in [2.05, 4.69) is 16.3 Å². The van der Waals surface area contributed by atoms with Crippen molar-refractivity contribution < 1.29 is 4.42 Å². The van der Waals surface area contributed by atoms with E-state index in [1.807, 2.05) is 0 Å². The number of nitrogens with zero attached hydrogens (tertiary/aromatic N) is 3. The van der Waals surface area contributed by atoms with E-state index in [1.165, 1.54) is 38.5 Å². The predicted molar refractivity (Wildman–Crippen MR) is 68.1 cm³/mol. The van der Waals surface area contributed by atoms with E-state index in [9.17, 15) is 0 Å². The van der Waals surface area contributed by atoms with Crippen LogP contribution in [-0.4, -0.2) is 10.2 Å². The molecule has 19 heavy (non-hydrogen) atoms. The van der Waals surface area contributed by atoms with Gasteiger partial charge in [-0.1, -0.05) is 0 Å². The molecule has 1 heterocycles. The molecular formula is C15H19N3O. The van der Waals surface area contributed by atoms with Crippen LogP contribution in [0.5, 0.6) is 0 Å². The Balaban J connectivity index is 1.61. The third-order valence-corrected chi connectivity index (χ3v) is 5.41. The second kappa shape index (κ2) is 4.06. The summed E-state index contributed by atoms with van der Waals surface area (Å²) in [6.07, 6.45) is 9.08. The number of aromatic nitrogens is 2. The molecule has 4 bridgehead atoms. The lowest BCUT2D eigenvalue weighted by Gasteiger charge is -2.55. The van der Waals surface area contributed by atoms with Gasteiger partial charge < -0.3 is 4.42 Å². The molecule has 0 aliphatic heterocycles. The van der Waals surface area contributed by atoms with Gasteiger partial charge in [0.25, 0.3) is 0 Å². The van der Waals surface area contributed by atoms with Crippen molar-refractivity contribution >= 4 is 0 Å². The highest BCUT2D eigenvalue weighted by Gasteiger charge is 2.54. The van der Waals surface area contributed by atoms with Gasteiger partial charge in [0.05, 0.1) is 6.07 Å². The predicted octanol–water partition coefficient (Wildman–Crippen LogP) is 2.99. The van der Waals surface area contributed by atoms with Crippen molar-refractivity contribution in [2.24, 2.45) is 17.8 Å². The normalized spacial score (nSPS) is 39.4. The molecule has 0 aromatic carbocycles. The topological polar surface area (TPSA) is 62.7 Å². The van der Waals surface area contributed by atoms with Gasteiger partial charge in [0.15, 0.2) is 0 Å². The fourth-order valence-electron chi connectivity index (χ4n) is 5.10. The van der Waals surface area contributed by atoms with Crippen molar-refractivity contribution in [1.29, 1.82) is 5.26 Å². The van der Waals surface area contributed by atoms with Gasteiger partial charge in [0.2, 0.25) is 11.8 Å². The Labute approximate surface area is 113 Å². The monoisotopic (exact) mass is 257 g/mol. The minimum Gasteiger partial charge on any atom is -0.425 e. The van der Waals surface area contributed by atoms with Crippen LogP contribution in [0.4, 0.5) is 0 Å². The molecule has 0 N–H and O–H groups in total. The van der Waals surface area contributed by atoms with Crippen LogP contribution >= 0.6 is 0 Å². The van der Waals surface area contributed by atoms with Crippen molar-refractivity contribution in [1.82, 2.24) is 10.2 Å². The second-order valence-corrected chi connectivity index (χ2v) is 6.86. The molecule has 4 heteroatoms. The average molecular weight is 257 g/mol. The number of nitriles is 1. The number of hydrogen-bond donors (Lipinski definition) is 0. The standard InChI is InChI=1S/C15H19N3O/c16-3-1-2-13-17-18-14(19-13)15-7-10-4-11(8-15)6-12(5-10)9-15/h10-12H,1-2,4-9H2. The van der Waals surface area contributed by atoms with E-state index < -0.39 is 0 Å². The van der Waals surface area contributed by atoms with Crippen molar-refractivity contribution in [2.45, 2.75) is 56.8 Å². The van der Waals surface area contributed by atoms with Gasteiger partial charge in [-0.3, -0.25) is 0 Å². The number of rotatable bonds is 3. The maximum Gasteiger partial charge on any atom is 0.222 e. The molecule has 100 valence electrons. The minimum absolute atomic E-state index is 0.187. The first-order valence-corrected chi connectivity index (χ1v) is 7.47.